The van der Waals surface area contributed by atoms with Crippen molar-refractivity contribution in [2.75, 3.05) is 7.11 Å². The van der Waals surface area contributed by atoms with Gasteiger partial charge < -0.3 is 10.1 Å². The fraction of sp³-hybridized carbons (Fsp3) is 0.524. The molecule has 0 bridgehead atoms. The van der Waals surface area contributed by atoms with E-state index in [1.165, 1.54) is 26.2 Å². The second-order valence-electron chi connectivity index (χ2n) is 8.06. The number of amides is 3. The highest BCUT2D eigenvalue weighted by Gasteiger charge is 2.42. The predicted octanol–water partition coefficient (Wildman–Crippen LogP) is 0.493. The smallest absolute Gasteiger partial charge is 0.328 e. The van der Waals surface area contributed by atoms with Crippen molar-refractivity contribution in [3.8, 4) is 0 Å². The van der Waals surface area contributed by atoms with Crippen molar-refractivity contribution in [2.45, 2.75) is 63.6 Å². The van der Waals surface area contributed by atoms with E-state index in [-0.39, 0.29) is 23.7 Å². The summed E-state index contributed by atoms with van der Waals surface area (Å²) in [4.78, 5) is 50.8. The van der Waals surface area contributed by atoms with Gasteiger partial charge in [-0.25, -0.2) is 13.2 Å². The Bertz CT molecular complexity index is 989. The number of hydrogen-bond donors (Lipinski definition) is 2. The summed E-state index contributed by atoms with van der Waals surface area (Å²) < 4.78 is 32.4. The average Bonchev–Trinajstić information content (AvgIpc) is 2.73. The maximum Gasteiger partial charge on any atom is 0.328 e. The molecule has 1 aliphatic rings. The lowest BCUT2D eigenvalue weighted by Gasteiger charge is -2.35. The Morgan fingerprint density at radius 2 is 1.72 bits per heavy atom. The van der Waals surface area contributed by atoms with Crippen LogP contribution in [0.3, 0.4) is 0 Å². The highest BCUT2D eigenvalue weighted by molar-refractivity contribution is 7.89. The Morgan fingerprint density at radius 1 is 1.12 bits per heavy atom. The van der Waals surface area contributed by atoms with Crippen LogP contribution < -0.4 is 10.0 Å². The minimum absolute atomic E-state index is 0.0111. The van der Waals surface area contributed by atoms with E-state index in [0.29, 0.717) is 0 Å². The van der Waals surface area contributed by atoms with Gasteiger partial charge in [-0.2, -0.15) is 4.72 Å². The molecule has 176 valence electrons. The maximum absolute atomic E-state index is 13.0. The van der Waals surface area contributed by atoms with Gasteiger partial charge in [0.2, 0.25) is 27.7 Å². The van der Waals surface area contributed by atoms with Gasteiger partial charge in [0, 0.05) is 6.42 Å². The molecule has 1 fully saturated rings. The van der Waals surface area contributed by atoms with E-state index >= 15 is 0 Å². The summed E-state index contributed by atoms with van der Waals surface area (Å²) in [7, 11) is -2.82. The molecule has 0 saturated carbocycles. The lowest BCUT2D eigenvalue weighted by Crippen LogP contribution is -2.61. The van der Waals surface area contributed by atoms with Crippen LogP contribution >= 0.6 is 0 Å². The fourth-order valence-electron chi connectivity index (χ4n) is 3.31. The van der Waals surface area contributed by atoms with Crippen LogP contribution in [0, 0.1) is 12.8 Å². The van der Waals surface area contributed by atoms with Crippen molar-refractivity contribution in [3.05, 3.63) is 29.8 Å². The number of carbonyl (C=O) groups is 4. The molecule has 0 radical (unpaired) electrons. The molecule has 10 nitrogen and oxygen atoms in total. The Labute approximate surface area is 187 Å². The zero-order valence-electron chi connectivity index (χ0n) is 18.7. The molecule has 1 aromatic carbocycles. The minimum Gasteiger partial charge on any atom is -0.467 e. The number of methoxy groups -OCH3 is 1. The first-order valence-corrected chi connectivity index (χ1v) is 11.7. The number of rotatable bonds is 8. The second-order valence-corrected chi connectivity index (χ2v) is 9.77. The number of carbonyl (C=O) groups excluding carboxylic acids is 4. The van der Waals surface area contributed by atoms with Gasteiger partial charge in [0.25, 0.3) is 0 Å². The highest BCUT2D eigenvalue weighted by Crippen LogP contribution is 2.20. The van der Waals surface area contributed by atoms with Crippen LogP contribution in [-0.4, -0.2) is 62.2 Å². The standard InChI is InChI=1S/C21H29N3O7S/c1-12(2)18(21(28)31-5)22-19(26)14(4)24-17(25)11-10-16(20(24)27)23-32(29,30)15-8-6-13(3)7-9-15/h6-9,12,14,16,18,23H,10-11H2,1-5H3,(H,22,26)/t14-,16+,18+/m1/s1. The summed E-state index contributed by atoms with van der Waals surface area (Å²) in [5, 5.41) is 2.50. The van der Waals surface area contributed by atoms with Crippen LogP contribution in [0.4, 0.5) is 0 Å². The number of imide groups is 1. The van der Waals surface area contributed by atoms with Crippen LogP contribution in [0.15, 0.2) is 29.2 Å². The lowest BCUT2D eigenvalue weighted by molar-refractivity contribution is -0.156. The SMILES string of the molecule is COC(=O)[C@@H](NC(=O)[C@@H](C)N1C(=O)CC[C@H](NS(=O)(=O)c2ccc(C)cc2)C1=O)C(C)C. The molecule has 2 N–H and O–H groups in total. The Kier molecular flexibility index (Phi) is 8.13. The Hall–Kier alpha value is -2.79. The molecule has 0 spiro atoms. The number of esters is 1. The molecular weight excluding hydrogens is 438 g/mol. The number of aryl methyl sites for hydroxylation is 1. The van der Waals surface area contributed by atoms with Gasteiger partial charge in [-0.05, 0) is 38.3 Å². The van der Waals surface area contributed by atoms with E-state index in [0.717, 1.165) is 10.5 Å². The van der Waals surface area contributed by atoms with Crippen molar-refractivity contribution < 1.29 is 32.3 Å². The zero-order chi connectivity index (χ0) is 24.2. The number of hydrogen-bond acceptors (Lipinski definition) is 7. The molecule has 0 aliphatic carbocycles. The molecule has 11 heteroatoms. The van der Waals surface area contributed by atoms with Crippen LogP contribution in [0.2, 0.25) is 0 Å². The number of nitrogens with one attached hydrogen (secondary N) is 2. The highest BCUT2D eigenvalue weighted by atomic mass is 32.2. The molecule has 0 unspecified atom stereocenters. The summed E-state index contributed by atoms with van der Waals surface area (Å²) in [6.07, 6.45) is -0.139. The third-order valence-electron chi connectivity index (χ3n) is 5.27. The van der Waals surface area contributed by atoms with Crippen molar-refractivity contribution >= 4 is 33.7 Å². The molecule has 3 amide bonds. The van der Waals surface area contributed by atoms with Crippen LogP contribution in [0.5, 0.6) is 0 Å². The third kappa shape index (κ3) is 5.71. The first kappa shape index (κ1) is 25.5. The number of benzene rings is 1. The molecule has 2 rings (SSSR count). The summed E-state index contributed by atoms with van der Waals surface area (Å²) in [5.41, 5.74) is 0.876. The van der Waals surface area contributed by atoms with Crippen molar-refractivity contribution in [1.82, 2.24) is 14.9 Å². The zero-order valence-corrected chi connectivity index (χ0v) is 19.6. The molecule has 1 aromatic rings. The number of piperidine rings is 1. The Morgan fingerprint density at radius 3 is 2.25 bits per heavy atom. The average molecular weight is 468 g/mol. The fourth-order valence-corrected chi connectivity index (χ4v) is 4.53. The lowest BCUT2D eigenvalue weighted by atomic mass is 10.0. The number of ether oxygens (including phenoxy) is 1. The van der Waals surface area contributed by atoms with Gasteiger partial charge in [-0.15, -0.1) is 0 Å². The number of sulfonamides is 1. The monoisotopic (exact) mass is 467 g/mol. The minimum atomic E-state index is -4.01. The third-order valence-corrected chi connectivity index (χ3v) is 6.75. The van der Waals surface area contributed by atoms with Crippen LogP contribution in [0.1, 0.15) is 39.2 Å². The van der Waals surface area contributed by atoms with Crippen LogP contribution in [-0.2, 0) is 33.9 Å². The number of likely N-dealkylation sites (tertiary alicyclic amines) is 1. The first-order valence-electron chi connectivity index (χ1n) is 10.2. The summed E-state index contributed by atoms with van der Waals surface area (Å²) in [6, 6.07) is 2.70. The van der Waals surface area contributed by atoms with Crippen molar-refractivity contribution in [1.29, 1.82) is 0 Å². The molecule has 32 heavy (non-hydrogen) atoms. The van der Waals surface area contributed by atoms with E-state index in [4.69, 9.17) is 0 Å². The maximum atomic E-state index is 13.0. The van der Waals surface area contributed by atoms with Crippen LogP contribution in [0.25, 0.3) is 0 Å². The molecular formula is C21H29N3O7S. The molecule has 1 aliphatic heterocycles. The summed E-state index contributed by atoms with van der Waals surface area (Å²) in [6.45, 7) is 6.57. The van der Waals surface area contributed by atoms with Gasteiger partial charge in [0.15, 0.2) is 0 Å². The second kappa shape index (κ2) is 10.2. The van der Waals surface area contributed by atoms with Gasteiger partial charge in [-0.1, -0.05) is 31.5 Å². The summed E-state index contributed by atoms with van der Waals surface area (Å²) >= 11 is 0. The largest absolute Gasteiger partial charge is 0.467 e. The van der Waals surface area contributed by atoms with E-state index in [1.54, 1.807) is 26.0 Å². The predicted molar refractivity (Wildman–Crippen MR) is 115 cm³/mol. The van der Waals surface area contributed by atoms with Gasteiger partial charge >= 0.3 is 5.97 Å². The van der Waals surface area contributed by atoms with E-state index in [1.807, 2.05) is 6.92 Å². The first-order chi connectivity index (χ1) is 14.9. The van der Waals surface area contributed by atoms with E-state index in [2.05, 4.69) is 14.8 Å². The Balaban J connectivity index is 2.18. The van der Waals surface area contributed by atoms with Crippen molar-refractivity contribution in [3.63, 3.8) is 0 Å². The molecule has 3 atom stereocenters. The summed E-state index contributed by atoms with van der Waals surface area (Å²) in [5.74, 6) is -3.08. The van der Waals surface area contributed by atoms with E-state index in [9.17, 15) is 27.6 Å². The van der Waals surface area contributed by atoms with Gasteiger partial charge in [0.1, 0.15) is 18.1 Å². The van der Waals surface area contributed by atoms with Gasteiger partial charge in [-0.3, -0.25) is 19.3 Å². The quantitative estimate of drug-likeness (QED) is 0.419. The molecule has 0 aromatic heterocycles. The van der Waals surface area contributed by atoms with Crippen molar-refractivity contribution in [2.24, 2.45) is 5.92 Å². The topological polar surface area (TPSA) is 139 Å². The number of nitrogens with zero attached hydrogens (tertiary/aromatic N) is 1. The molecule has 1 saturated heterocycles. The van der Waals surface area contributed by atoms with E-state index < -0.39 is 51.8 Å². The molecule has 1 heterocycles. The normalized spacial score (nSPS) is 18.9. The van der Waals surface area contributed by atoms with Gasteiger partial charge in [0.05, 0.1) is 12.0 Å².